The molecule has 0 radical (unpaired) electrons. The van der Waals surface area contributed by atoms with Crippen molar-refractivity contribution in [3.8, 4) is 0 Å². The van der Waals surface area contributed by atoms with Crippen LogP contribution in [0.3, 0.4) is 0 Å². The van der Waals surface area contributed by atoms with Gasteiger partial charge in [-0.3, -0.25) is 9.78 Å². The van der Waals surface area contributed by atoms with E-state index in [1.165, 1.54) is 6.20 Å². The summed E-state index contributed by atoms with van der Waals surface area (Å²) in [5.74, 6) is -5.07. The summed E-state index contributed by atoms with van der Waals surface area (Å²) < 4.78 is 40.2. The van der Waals surface area contributed by atoms with E-state index >= 15 is 0 Å². The molecule has 2 aromatic carbocycles. The molecule has 0 atom stereocenters. The first-order valence-electron chi connectivity index (χ1n) is 8.68. The predicted octanol–water partition coefficient (Wildman–Crippen LogP) is 4.78. The van der Waals surface area contributed by atoms with E-state index < -0.39 is 29.0 Å². The van der Waals surface area contributed by atoms with Gasteiger partial charge < -0.3 is 10.2 Å². The average molecular weight is 385 g/mol. The minimum Gasteiger partial charge on any atom is -0.366 e. The second-order valence-corrected chi connectivity index (χ2v) is 6.11. The molecular formula is C21H18F3N3O. The van der Waals surface area contributed by atoms with Gasteiger partial charge in [0.15, 0.2) is 17.5 Å². The van der Waals surface area contributed by atoms with Crippen LogP contribution in [0.25, 0.3) is 0 Å². The molecule has 0 unspecified atom stereocenters. The molecule has 28 heavy (non-hydrogen) atoms. The zero-order chi connectivity index (χ0) is 20.1. The Morgan fingerprint density at radius 1 is 1.04 bits per heavy atom. The molecule has 0 fully saturated rings. The molecule has 0 saturated heterocycles. The Labute approximate surface area is 160 Å². The lowest BCUT2D eigenvalue weighted by Gasteiger charge is -2.23. The highest BCUT2D eigenvalue weighted by Gasteiger charge is 2.17. The fourth-order valence-electron chi connectivity index (χ4n) is 2.73. The van der Waals surface area contributed by atoms with E-state index in [0.29, 0.717) is 18.8 Å². The summed E-state index contributed by atoms with van der Waals surface area (Å²) in [5, 5.41) is 2.25. The van der Waals surface area contributed by atoms with Crippen LogP contribution in [0.15, 0.2) is 60.9 Å². The lowest BCUT2D eigenvalue weighted by atomic mass is 10.2. The van der Waals surface area contributed by atoms with Gasteiger partial charge in [0.1, 0.15) is 0 Å². The highest BCUT2D eigenvalue weighted by Crippen LogP contribution is 2.22. The number of amides is 1. The van der Waals surface area contributed by atoms with Gasteiger partial charge in [-0.1, -0.05) is 30.3 Å². The van der Waals surface area contributed by atoms with Crippen molar-refractivity contribution < 1.29 is 18.0 Å². The summed E-state index contributed by atoms with van der Waals surface area (Å²) in [6.07, 6.45) is 2.95. The maximum Gasteiger partial charge on any atom is 0.257 e. The number of halogens is 3. The van der Waals surface area contributed by atoms with Crippen molar-refractivity contribution in [2.24, 2.45) is 0 Å². The van der Waals surface area contributed by atoms with Gasteiger partial charge in [0.25, 0.3) is 5.91 Å². The first-order chi connectivity index (χ1) is 13.5. The van der Waals surface area contributed by atoms with Crippen LogP contribution in [-0.4, -0.2) is 17.4 Å². The van der Waals surface area contributed by atoms with Crippen LogP contribution in [0.4, 0.5) is 24.5 Å². The van der Waals surface area contributed by atoms with Crippen LogP contribution < -0.4 is 10.2 Å². The van der Waals surface area contributed by atoms with Crippen LogP contribution >= 0.6 is 0 Å². The smallest absolute Gasteiger partial charge is 0.257 e. The van der Waals surface area contributed by atoms with Crippen molar-refractivity contribution in [1.82, 2.24) is 4.98 Å². The molecule has 3 rings (SSSR count). The van der Waals surface area contributed by atoms with Crippen LogP contribution in [0.1, 0.15) is 22.8 Å². The highest BCUT2D eigenvalue weighted by atomic mass is 19.2. The zero-order valence-corrected chi connectivity index (χ0v) is 15.1. The Kier molecular flexibility index (Phi) is 5.93. The van der Waals surface area contributed by atoms with E-state index in [1.54, 1.807) is 12.3 Å². The monoisotopic (exact) mass is 385 g/mol. The third kappa shape index (κ3) is 4.31. The molecule has 0 aliphatic heterocycles. The summed E-state index contributed by atoms with van der Waals surface area (Å²) in [5.41, 5.74) is 1.55. The molecule has 7 heteroatoms. The molecule has 0 aliphatic carbocycles. The maximum atomic E-state index is 13.8. The molecule has 3 aromatic rings. The highest BCUT2D eigenvalue weighted by molar-refractivity contribution is 6.04. The van der Waals surface area contributed by atoms with Crippen molar-refractivity contribution in [2.75, 3.05) is 16.8 Å². The van der Waals surface area contributed by atoms with Crippen molar-refractivity contribution in [2.45, 2.75) is 13.5 Å². The van der Waals surface area contributed by atoms with Gasteiger partial charge in [0.05, 0.1) is 23.1 Å². The van der Waals surface area contributed by atoms with Crippen LogP contribution in [0, 0.1) is 17.5 Å². The summed E-state index contributed by atoms with van der Waals surface area (Å²) in [6.45, 7) is 3.29. The van der Waals surface area contributed by atoms with Gasteiger partial charge >= 0.3 is 0 Å². The van der Waals surface area contributed by atoms with E-state index in [-0.39, 0.29) is 5.56 Å². The fourth-order valence-corrected chi connectivity index (χ4v) is 2.73. The summed E-state index contributed by atoms with van der Waals surface area (Å²) in [4.78, 5) is 18.5. The van der Waals surface area contributed by atoms with Gasteiger partial charge in [-0.05, 0) is 30.7 Å². The number of pyridine rings is 1. The normalized spacial score (nSPS) is 10.6. The summed E-state index contributed by atoms with van der Waals surface area (Å²) >= 11 is 0. The molecule has 0 spiro atoms. The topological polar surface area (TPSA) is 45.2 Å². The van der Waals surface area contributed by atoms with Gasteiger partial charge in [-0.15, -0.1) is 0 Å². The minimum absolute atomic E-state index is 0.174. The summed E-state index contributed by atoms with van der Waals surface area (Å²) in [6, 6.07) is 13.2. The number of nitrogens with zero attached hydrogens (tertiary/aromatic N) is 2. The Bertz CT molecular complexity index is 980. The largest absolute Gasteiger partial charge is 0.366 e. The Balaban J connectivity index is 1.80. The third-order valence-corrected chi connectivity index (χ3v) is 4.23. The first kappa shape index (κ1) is 19.4. The van der Waals surface area contributed by atoms with Crippen LogP contribution in [0.5, 0.6) is 0 Å². The number of aromatic nitrogens is 1. The van der Waals surface area contributed by atoms with E-state index in [1.807, 2.05) is 42.2 Å². The molecule has 4 nitrogen and oxygen atoms in total. The molecule has 0 bridgehead atoms. The van der Waals surface area contributed by atoms with Gasteiger partial charge in [-0.25, -0.2) is 13.2 Å². The molecule has 0 saturated carbocycles. The standard InChI is InChI=1S/C21H18F3N3O/c1-2-27(13-14-6-4-3-5-7-14)16-10-15(11-25-12-16)21(28)26-18-9-8-17(22)19(23)20(18)24/h3-12H,2,13H2,1H3,(H,26,28). The van der Waals surface area contributed by atoms with Crippen LogP contribution in [0.2, 0.25) is 0 Å². The van der Waals surface area contributed by atoms with Gasteiger partial charge in [-0.2, -0.15) is 0 Å². The van der Waals surface area contributed by atoms with Crippen LogP contribution in [-0.2, 0) is 6.54 Å². The number of benzene rings is 2. The molecule has 1 amide bonds. The average Bonchev–Trinajstić information content (AvgIpc) is 2.73. The quantitative estimate of drug-likeness (QED) is 0.622. The van der Waals surface area contributed by atoms with Gasteiger partial charge in [0.2, 0.25) is 0 Å². The number of hydrogen-bond donors (Lipinski definition) is 1. The zero-order valence-electron chi connectivity index (χ0n) is 15.1. The lowest BCUT2D eigenvalue weighted by molar-refractivity contribution is 0.102. The number of hydrogen-bond acceptors (Lipinski definition) is 3. The molecule has 144 valence electrons. The Morgan fingerprint density at radius 2 is 1.79 bits per heavy atom. The molecule has 1 heterocycles. The fraction of sp³-hybridized carbons (Fsp3) is 0.143. The minimum atomic E-state index is -1.63. The number of carbonyl (C=O) groups is 1. The van der Waals surface area contributed by atoms with Crippen molar-refractivity contribution >= 4 is 17.3 Å². The second kappa shape index (κ2) is 8.56. The van der Waals surface area contributed by atoms with Crippen molar-refractivity contribution in [1.29, 1.82) is 0 Å². The SMILES string of the molecule is CCN(Cc1ccccc1)c1cncc(C(=O)Nc2ccc(F)c(F)c2F)c1. The molecule has 1 N–H and O–H groups in total. The van der Waals surface area contributed by atoms with E-state index in [4.69, 9.17) is 0 Å². The maximum absolute atomic E-state index is 13.8. The second-order valence-electron chi connectivity index (χ2n) is 6.11. The van der Waals surface area contributed by atoms with Crippen molar-refractivity contribution in [3.05, 3.63) is 89.5 Å². The van der Waals surface area contributed by atoms with E-state index in [2.05, 4.69) is 10.3 Å². The molecule has 0 aliphatic rings. The Morgan fingerprint density at radius 3 is 2.50 bits per heavy atom. The van der Waals surface area contributed by atoms with Gasteiger partial charge in [0, 0.05) is 19.3 Å². The number of anilines is 2. The summed E-state index contributed by atoms with van der Waals surface area (Å²) in [7, 11) is 0. The van der Waals surface area contributed by atoms with Crippen molar-refractivity contribution in [3.63, 3.8) is 0 Å². The number of nitrogens with one attached hydrogen (secondary N) is 1. The number of carbonyl (C=O) groups excluding carboxylic acids is 1. The predicted molar refractivity (Wildman–Crippen MR) is 102 cm³/mol. The molecule has 1 aromatic heterocycles. The van der Waals surface area contributed by atoms with E-state index in [0.717, 1.165) is 17.7 Å². The first-order valence-corrected chi connectivity index (χ1v) is 8.68. The lowest BCUT2D eigenvalue weighted by Crippen LogP contribution is -2.23. The third-order valence-electron chi connectivity index (χ3n) is 4.23. The Hall–Kier alpha value is -3.35. The molecular weight excluding hydrogens is 367 g/mol. The number of rotatable bonds is 6. The van der Waals surface area contributed by atoms with E-state index in [9.17, 15) is 18.0 Å².